The maximum Gasteiger partial charge on any atom is 0.417 e. The monoisotopic (exact) mass is 518 g/mol. The van der Waals surface area contributed by atoms with Crippen LogP contribution in [0.5, 0.6) is 17.4 Å². The van der Waals surface area contributed by atoms with E-state index in [-0.39, 0.29) is 48.1 Å². The summed E-state index contributed by atoms with van der Waals surface area (Å²) in [7, 11) is 0. The van der Waals surface area contributed by atoms with Crippen LogP contribution in [0.15, 0.2) is 36.5 Å². The maximum absolute atomic E-state index is 13.2. The molecule has 0 aliphatic carbocycles. The third-order valence-electron chi connectivity index (χ3n) is 6.26. The molecule has 2 aromatic rings. The molecule has 2 bridgehead atoms. The van der Waals surface area contributed by atoms with Crippen molar-refractivity contribution in [3.8, 4) is 17.4 Å². The number of hydrogen-bond donors (Lipinski definition) is 0. The number of hydroxylamine groups is 2. The molecule has 36 heavy (non-hydrogen) atoms. The van der Waals surface area contributed by atoms with Crippen molar-refractivity contribution in [3.63, 3.8) is 0 Å². The van der Waals surface area contributed by atoms with Gasteiger partial charge in [0.1, 0.15) is 6.10 Å². The van der Waals surface area contributed by atoms with E-state index in [9.17, 15) is 26.3 Å². The predicted molar refractivity (Wildman–Crippen MR) is 119 cm³/mol. The van der Waals surface area contributed by atoms with Gasteiger partial charge >= 0.3 is 12.4 Å². The van der Waals surface area contributed by atoms with Crippen molar-refractivity contribution in [2.75, 3.05) is 6.61 Å². The molecule has 0 spiro atoms. The molecule has 4 rings (SSSR count). The highest BCUT2D eigenvalue weighted by molar-refractivity contribution is 5.44. The largest absolute Gasteiger partial charge is 0.489 e. The number of alkyl halides is 6. The summed E-state index contributed by atoms with van der Waals surface area (Å²) in [4.78, 5) is 9.68. The number of fused-ring (bicyclic) bond motifs is 2. The highest BCUT2D eigenvalue weighted by atomic mass is 19.4. The fourth-order valence-electron chi connectivity index (χ4n) is 4.57. The lowest BCUT2D eigenvalue weighted by atomic mass is 9.84. The normalized spacial score (nSPS) is 23.0. The summed E-state index contributed by atoms with van der Waals surface area (Å²) in [6.45, 7) is 4.04. The van der Waals surface area contributed by atoms with Crippen molar-refractivity contribution in [1.82, 2.24) is 10.0 Å². The number of rotatable bonds is 7. The zero-order valence-corrected chi connectivity index (χ0v) is 19.9. The predicted octanol–water partition coefficient (Wildman–Crippen LogP) is 6.91. The molecule has 0 amide bonds. The first kappa shape index (κ1) is 26.4. The van der Waals surface area contributed by atoms with E-state index in [1.54, 1.807) is 5.06 Å². The van der Waals surface area contributed by atoms with Gasteiger partial charge in [-0.2, -0.15) is 26.3 Å². The van der Waals surface area contributed by atoms with Crippen LogP contribution in [-0.4, -0.2) is 34.8 Å². The van der Waals surface area contributed by atoms with Crippen molar-refractivity contribution >= 4 is 0 Å². The minimum atomic E-state index is -4.50. The SMILES string of the molecule is CC(C)COc1cc(C(F)(F)F)ccc1OC1C[C@H]2CCC[C@H](C1)N2Oc1ccc(C(F)(F)F)cn1. The number of benzene rings is 1. The van der Waals surface area contributed by atoms with Crippen molar-refractivity contribution in [3.05, 3.63) is 47.7 Å². The average molecular weight is 518 g/mol. The van der Waals surface area contributed by atoms with Gasteiger partial charge in [-0.3, -0.25) is 0 Å². The molecule has 5 nitrogen and oxygen atoms in total. The van der Waals surface area contributed by atoms with E-state index >= 15 is 0 Å². The van der Waals surface area contributed by atoms with Crippen LogP contribution in [0.2, 0.25) is 0 Å². The molecule has 0 unspecified atom stereocenters. The molecule has 1 aromatic carbocycles. The molecular weight excluding hydrogens is 490 g/mol. The van der Waals surface area contributed by atoms with Gasteiger partial charge in [0.25, 0.3) is 0 Å². The van der Waals surface area contributed by atoms with E-state index in [4.69, 9.17) is 14.3 Å². The van der Waals surface area contributed by atoms with Crippen molar-refractivity contribution < 1.29 is 40.7 Å². The Labute approximate surface area is 205 Å². The number of piperidine rings is 2. The van der Waals surface area contributed by atoms with Gasteiger partial charge in [0.05, 0.1) is 17.7 Å². The topological polar surface area (TPSA) is 43.8 Å². The third-order valence-corrected chi connectivity index (χ3v) is 6.26. The zero-order valence-electron chi connectivity index (χ0n) is 19.9. The molecule has 0 radical (unpaired) electrons. The van der Waals surface area contributed by atoms with Gasteiger partial charge in [0.15, 0.2) is 11.5 Å². The van der Waals surface area contributed by atoms with Crippen LogP contribution in [0.3, 0.4) is 0 Å². The molecule has 1 aromatic heterocycles. The number of pyridine rings is 1. The van der Waals surface area contributed by atoms with E-state index in [1.807, 2.05) is 13.8 Å². The quantitative estimate of drug-likeness (QED) is 0.373. The molecular formula is C25H28F6N2O3. The van der Waals surface area contributed by atoms with E-state index < -0.39 is 23.5 Å². The average Bonchev–Trinajstić information content (AvgIpc) is 2.78. The molecule has 2 atom stereocenters. The second kappa shape index (κ2) is 10.4. The summed E-state index contributed by atoms with van der Waals surface area (Å²) < 4.78 is 90.0. The molecule has 0 saturated carbocycles. The van der Waals surface area contributed by atoms with Crippen LogP contribution in [0.1, 0.15) is 57.1 Å². The lowest BCUT2D eigenvalue weighted by Gasteiger charge is -2.46. The number of halogens is 6. The fraction of sp³-hybridized carbons (Fsp3) is 0.560. The number of ether oxygens (including phenoxy) is 2. The van der Waals surface area contributed by atoms with Crippen LogP contribution in [0.25, 0.3) is 0 Å². The number of hydrogen-bond acceptors (Lipinski definition) is 5. The summed E-state index contributed by atoms with van der Waals surface area (Å²) in [5, 5.41) is 1.78. The number of nitrogens with zero attached hydrogens (tertiary/aromatic N) is 2. The van der Waals surface area contributed by atoms with Gasteiger partial charge in [0.2, 0.25) is 5.88 Å². The highest BCUT2D eigenvalue weighted by Gasteiger charge is 2.42. The fourth-order valence-corrected chi connectivity index (χ4v) is 4.57. The Morgan fingerprint density at radius 2 is 1.56 bits per heavy atom. The van der Waals surface area contributed by atoms with Crippen molar-refractivity contribution in [2.24, 2.45) is 5.92 Å². The van der Waals surface area contributed by atoms with Gasteiger partial charge in [0, 0.05) is 37.2 Å². The number of aromatic nitrogens is 1. The zero-order chi connectivity index (χ0) is 26.1. The highest BCUT2D eigenvalue weighted by Crippen LogP contribution is 2.40. The molecule has 11 heteroatoms. The molecule has 2 fully saturated rings. The summed E-state index contributed by atoms with van der Waals surface area (Å²) in [6, 6.07) is 5.23. The van der Waals surface area contributed by atoms with Crippen LogP contribution in [0, 0.1) is 5.92 Å². The maximum atomic E-state index is 13.2. The first-order valence-corrected chi connectivity index (χ1v) is 11.9. The minimum absolute atomic E-state index is 0.0521. The minimum Gasteiger partial charge on any atom is -0.489 e. The van der Waals surface area contributed by atoms with Crippen molar-refractivity contribution in [2.45, 2.75) is 76.5 Å². The molecule has 3 heterocycles. The summed E-state index contributed by atoms with van der Waals surface area (Å²) >= 11 is 0. The first-order chi connectivity index (χ1) is 16.9. The Kier molecular flexibility index (Phi) is 7.59. The van der Waals surface area contributed by atoms with Crippen LogP contribution in [0.4, 0.5) is 26.3 Å². The van der Waals surface area contributed by atoms with Crippen molar-refractivity contribution in [1.29, 1.82) is 0 Å². The molecule has 0 N–H and O–H groups in total. The molecule has 198 valence electrons. The van der Waals surface area contributed by atoms with Crippen LogP contribution < -0.4 is 14.3 Å². The summed E-state index contributed by atoms with van der Waals surface area (Å²) in [5.41, 5.74) is -1.66. The second-order valence-corrected chi connectivity index (χ2v) is 9.65. The van der Waals surface area contributed by atoms with Gasteiger partial charge in [-0.05, 0) is 43.0 Å². The first-order valence-electron chi connectivity index (χ1n) is 11.9. The second-order valence-electron chi connectivity index (χ2n) is 9.65. The standard InChI is InChI=1S/C25H28F6N2O3/c1-15(2)14-34-22-10-16(24(26,27)28)6-8-21(22)35-20-11-18-4-3-5-19(12-20)33(18)36-23-9-7-17(13-32-23)25(29,30)31/h6-10,13,15,18-20H,3-5,11-12,14H2,1-2H3/t18-,19-/m1/s1. The van der Waals surface area contributed by atoms with E-state index in [0.29, 0.717) is 12.8 Å². The van der Waals surface area contributed by atoms with E-state index in [1.165, 1.54) is 12.1 Å². The lowest BCUT2D eigenvalue weighted by Crippen LogP contribution is -2.55. The Bertz CT molecular complexity index is 1010. The molecule has 2 saturated heterocycles. The smallest absolute Gasteiger partial charge is 0.417 e. The lowest BCUT2D eigenvalue weighted by molar-refractivity contribution is -0.185. The Hall–Kier alpha value is -2.69. The Morgan fingerprint density at radius 1 is 0.917 bits per heavy atom. The van der Waals surface area contributed by atoms with E-state index in [0.717, 1.165) is 43.7 Å². The van der Waals surface area contributed by atoms with E-state index in [2.05, 4.69) is 4.98 Å². The van der Waals surface area contributed by atoms with Gasteiger partial charge in [-0.25, -0.2) is 4.98 Å². The Morgan fingerprint density at radius 3 is 2.11 bits per heavy atom. The summed E-state index contributed by atoms with van der Waals surface area (Å²) in [6.07, 6.45) is -4.88. The third kappa shape index (κ3) is 6.35. The summed E-state index contributed by atoms with van der Waals surface area (Å²) in [5.74, 6) is 0.499. The molecule has 2 aliphatic heterocycles. The van der Waals surface area contributed by atoms with Gasteiger partial charge in [-0.1, -0.05) is 20.3 Å². The van der Waals surface area contributed by atoms with Crippen LogP contribution in [-0.2, 0) is 12.4 Å². The van der Waals surface area contributed by atoms with Gasteiger partial charge < -0.3 is 14.3 Å². The van der Waals surface area contributed by atoms with Gasteiger partial charge in [-0.15, -0.1) is 5.06 Å². The Balaban J connectivity index is 1.46. The van der Waals surface area contributed by atoms with Crippen LogP contribution >= 0.6 is 0 Å². The molecule has 2 aliphatic rings.